The van der Waals surface area contributed by atoms with Crippen molar-refractivity contribution in [1.29, 1.82) is 0 Å². The number of thiocarbonyl (C=S) groups is 1. The Morgan fingerprint density at radius 3 is 2.70 bits per heavy atom. The van der Waals surface area contributed by atoms with Gasteiger partial charge in [0.1, 0.15) is 0 Å². The number of benzene rings is 1. The third-order valence-corrected chi connectivity index (χ3v) is 3.22. The predicted octanol–water partition coefficient (Wildman–Crippen LogP) is 3.22. The molecule has 0 saturated carbocycles. The number of aryl methyl sites for hydroxylation is 2. The van der Waals surface area contributed by atoms with E-state index in [2.05, 4.69) is 15.7 Å². The Bertz CT molecular complexity index is 565. The van der Waals surface area contributed by atoms with E-state index in [0.29, 0.717) is 10.1 Å². The number of hydrogen-bond acceptors (Lipinski definition) is 2. The van der Waals surface area contributed by atoms with Gasteiger partial charge in [-0.3, -0.25) is 4.68 Å². The second-order valence-electron chi connectivity index (χ2n) is 4.46. The van der Waals surface area contributed by atoms with Crippen molar-refractivity contribution >= 4 is 34.6 Å². The van der Waals surface area contributed by atoms with Gasteiger partial charge in [0.05, 0.1) is 5.69 Å². The number of rotatable bonds is 5. The molecule has 1 heterocycles. The zero-order valence-corrected chi connectivity index (χ0v) is 12.8. The minimum atomic E-state index is 0.615. The molecule has 2 aromatic rings. The maximum Gasteiger partial charge on any atom is 0.170 e. The Labute approximate surface area is 129 Å². The highest BCUT2D eigenvalue weighted by molar-refractivity contribution is 7.80. The summed E-state index contributed by atoms with van der Waals surface area (Å²) in [6.07, 6.45) is 2.95. The molecule has 2 rings (SSSR count). The highest BCUT2D eigenvalue weighted by Gasteiger charge is 1.98. The van der Waals surface area contributed by atoms with E-state index in [1.165, 1.54) is 0 Å². The predicted molar refractivity (Wildman–Crippen MR) is 87.3 cm³/mol. The summed E-state index contributed by atoms with van der Waals surface area (Å²) in [5.41, 5.74) is 1.97. The lowest BCUT2D eigenvalue weighted by molar-refractivity contribution is 0.570. The molecule has 0 fully saturated rings. The van der Waals surface area contributed by atoms with Crippen molar-refractivity contribution in [2.45, 2.75) is 19.9 Å². The van der Waals surface area contributed by atoms with Gasteiger partial charge in [0.2, 0.25) is 0 Å². The molecule has 2 N–H and O–H groups in total. The zero-order valence-electron chi connectivity index (χ0n) is 11.3. The van der Waals surface area contributed by atoms with Crippen molar-refractivity contribution in [3.8, 4) is 0 Å². The van der Waals surface area contributed by atoms with E-state index in [0.717, 1.165) is 30.9 Å². The van der Waals surface area contributed by atoms with E-state index in [4.69, 9.17) is 23.8 Å². The van der Waals surface area contributed by atoms with Gasteiger partial charge in [-0.15, -0.1) is 0 Å². The largest absolute Gasteiger partial charge is 0.362 e. The van der Waals surface area contributed by atoms with Gasteiger partial charge in [-0.1, -0.05) is 11.6 Å². The molecular formula is C14H17ClN4S. The third kappa shape index (κ3) is 4.83. The van der Waals surface area contributed by atoms with E-state index in [9.17, 15) is 0 Å². The number of anilines is 1. The molecule has 0 aliphatic rings. The van der Waals surface area contributed by atoms with Crippen LogP contribution < -0.4 is 10.6 Å². The maximum absolute atomic E-state index is 5.83. The Kier molecular flexibility index (Phi) is 5.38. The average Bonchev–Trinajstić information content (AvgIpc) is 2.83. The smallest absolute Gasteiger partial charge is 0.170 e. The van der Waals surface area contributed by atoms with Crippen LogP contribution >= 0.6 is 23.8 Å². The Hall–Kier alpha value is -1.59. The van der Waals surface area contributed by atoms with E-state index >= 15 is 0 Å². The van der Waals surface area contributed by atoms with Gasteiger partial charge in [0.25, 0.3) is 0 Å². The van der Waals surface area contributed by atoms with Crippen LogP contribution in [-0.4, -0.2) is 21.4 Å². The van der Waals surface area contributed by atoms with Gasteiger partial charge in [0, 0.05) is 30.0 Å². The number of aromatic nitrogens is 2. The molecule has 0 aliphatic carbocycles. The van der Waals surface area contributed by atoms with E-state index in [1.807, 2.05) is 48.1 Å². The highest BCUT2D eigenvalue weighted by Crippen LogP contribution is 2.13. The summed E-state index contributed by atoms with van der Waals surface area (Å²) in [5.74, 6) is 0. The first kappa shape index (κ1) is 14.8. The van der Waals surface area contributed by atoms with Crippen LogP contribution in [-0.2, 0) is 6.54 Å². The SMILES string of the molecule is Cc1ccn(CCCNC(=S)Nc2ccc(Cl)cc2)n1. The maximum atomic E-state index is 5.83. The zero-order chi connectivity index (χ0) is 14.4. The summed E-state index contributed by atoms with van der Waals surface area (Å²) in [5, 5.41) is 11.9. The first-order valence-electron chi connectivity index (χ1n) is 6.44. The van der Waals surface area contributed by atoms with Crippen LogP contribution in [0.5, 0.6) is 0 Å². The second kappa shape index (κ2) is 7.26. The lowest BCUT2D eigenvalue weighted by Gasteiger charge is -2.10. The highest BCUT2D eigenvalue weighted by atomic mass is 35.5. The standard InChI is InChI=1S/C14H17ClN4S/c1-11-7-10-19(18-11)9-2-8-16-14(20)17-13-5-3-12(15)4-6-13/h3-7,10H,2,8-9H2,1H3,(H2,16,17,20). The van der Waals surface area contributed by atoms with Crippen molar-refractivity contribution < 1.29 is 0 Å². The van der Waals surface area contributed by atoms with Gasteiger partial charge in [-0.2, -0.15) is 5.10 Å². The van der Waals surface area contributed by atoms with Crippen molar-refractivity contribution in [1.82, 2.24) is 15.1 Å². The molecule has 0 radical (unpaired) electrons. The van der Waals surface area contributed by atoms with E-state index in [-0.39, 0.29) is 0 Å². The number of hydrogen-bond donors (Lipinski definition) is 2. The molecule has 106 valence electrons. The van der Waals surface area contributed by atoms with Crippen LogP contribution in [0.25, 0.3) is 0 Å². The molecule has 0 unspecified atom stereocenters. The Morgan fingerprint density at radius 2 is 2.05 bits per heavy atom. The Morgan fingerprint density at radius 1 is 1.30 bits per heavy atom. The molecule has 1 aromatic carbocycles. The van der Waals surface area contributed by atoms with E-state index in [1.54, 1.807) is 0 Å². The van der Waals surface area contributed by atoms with Gasteiger partial charge >= 0.3 is 0 Å². The molecular weight excluding hydrogens is 292 g/mol. The molecule has 0 saturated heterocycles. The molecule has 0 amide bonds. The molecule has 20 heavy (non-hydrogen) atoms. The minimum Gasteiger partial charge on any atom is -0.362 e. The first-order chi connectivity index (χ1) is 9.63. The van der Waals surface area contributed by atoms with Gasteiger partial charge in [-0.25, -0.2) is 0 Å². The monoisotopic (exact) mass is 308 g/mol. The number of nitrogens with one attached hydrogen (secondary N) is 2. The Balaban J connectivity index is 1.66. The van der Waals surface area contributed by atoms with Crippen LogP contribution in [0.15, 0.2) is 36.5 Å². The fourth-order valence-electron chi connectivity index (χ4n) is 1.74. The summed E-state index contributed by atoms with van der Waals surface area (Å²) in [4.78, 5) is 0. The molecule has 1 aromatic heterocycles. The number of nitrogens with zero attached hydrogens (tertiary/aromatic N) is 2. The third-order valence-electron chi connectivity index (χ3n) is 2.73. The molecule has 0 spiro atoms. The molecule has 0 atom stereocenters. The van der Waals surface area contributed by atoms with Crippen LogP contribution in [0, 0.1) is 6.92 Å². The molecule has 0 aliphatic heterocycles. The minimum absolute atomic E-state index is 0.615. The fourth-order valence-corrected chi connectivity index (χ4v) is 2.09. The fraction of sp³-hybridized carbons (Fsp3) is 0.286. The summed E-state index contributed by atoms with van der Waals surface area (Å²) in [7, 11) is 0. The summed E-state index contributed by atoms with van der Waals surface area (Å²) >= 11 is 11.1. The van der Waals surface area contributed by atoms with Crippen LogP contribution in [0.1, 0.15) is 12.1 Å². The van der Waals surface area contributed by atoms with Crippen LogP contribution in [0.2, 0.25) is 5.02 Å². The lowest BCUT2D eigenvalue weighted by Crippen LogP contribution is -2.29. The van der Waals surface area contributed by atoms with Crippen molar-refractivity contribution in [2.24, 2.45) is 0 Å². The van der Waals surface area contributed by atoms with Gasteiger partial charge in [0.15, 0.2) is 5.11 Å². The molecule has 6 heteroatoms. The van der Waals surface area contributed by atoms with E-state index < -0.39 is 0 Å². The first-order valence-corrected chi connectivity index (χ1v) is 7.22. The normalized spacial score (nSPS) is 10.3. The quantitative estimate of drug-likeness (QED) is 0.657. The van der Waals surface area contributed by atoms with Gasteiger partial charge in [-0.05, 0) is 55.9 Å². The van der Waals surface area contributed by atoms with Crippen molar-refractivity contribution in [3.05, 3.63) is 47.2 Å². The van der Waals surface area contributed by atoms with Crippen LogP contribution in [0.3, 0.4) is 0 Å². The average molecular weight is 309 g/mol. The lowest BCUT2D eigenvalue weighted by atomic mass is 10.3. The molecule has 4 nitrogen and oxygen atoms in total. The second-order valence-corrected chi connectivity index (χ2v) is 5.31. The topological polar surface area (TPSA) is 41.9 Å². The van der Waals surface area contributed by atoms with Crippen LogP contribution in [0.4, 0.5) is 5.69 Å². The summed E-state index contributed by atoms with van der Waals surface area (Å²) in [6, 6.07) is 9.44. The summed E-state index contributed by atoms with van der Waals surface area (Å²) in [6.45, 7) is 3.67. The summed E-state index contributed by atoms with van der Waals surface area (Å²) < 4.78 is 1.94. The van der Waals surface area contributed by atoms with Crippen molar-refractivity contribution in [2.75, 3.05) is 11.9 Å². The van der Waals surface area contributed by atoms with Gasteiger partial charge < -0.3 is 10.6 Å². The molecule has 0 bridgehead atoms. The number of halogens is 1. The van der Waals surface area contributed by atoms with Crippen molar-refractivity contribution in [3.63, 3.8) is 0 Å².